The zero-order valence-corrected chi connectivity index (χ0v) is 13.8. The van der Waals surface area contributed by atoms with Gasteiger partial charge in [-0.2, -0.15) is 0 Å². The quantitative estimate of drug-likeness (QED) is 0.512. The number of nitrogens with one attached hydrogen (secondary N) is 1. The first-order valence-electron chi connectivity index (χ1n) is 7.60. The Balaban J connectivity index is 1.85. The molecule has 122 valence electrons. The number of rotatable bonds is 10. The average Bonchev–Trinajstić information content (AvgIpc) is 2.58. The highest BCUT2D eigenvalue weighted by atomic mass is 35.5. The molecule has 1 atom stereocenters. The number of hydrogen-bond donors (Lipinski definition) is 1. The topological polar surface area (TPSA) is 30.5 Å². The Kier molecular flexibility index (Phi) is 7.67. The third kappa shape index (κ3) is 6.87. The van der Waals surface area contributed by atoms with Crippen LogP contribution in [-0.2, 0) is 16.1 Å². The van der Waals surface area contributed by atoms with Gasteiger partial charge in [0.2, 0.25) is 0 Å². The molecule has 3 nitrogen and oxygen atoms in total. The molecule has 0 radical (unpaired) electrons. The van der Waals surface area contributed by atoms with Crippen LogP contribution in [0, 0.1) is 0 Å². The van der Waals surface area contributed by atoms with Crippen molar-refractivity contribution < 1.29 is 9.47 Å². The zero-order valence-electron chi connectivity index (χ0n) is 13.1. The second-order valence-electron chi connectivity index (χ2n) is 5.18. The standard InChI is InChI=1S/C19H22ClNO2/c1-2-12-22-14-19(21-18-10-8-17(20)9-11-18)15-23-13-16-6-4-3-5-7-16/h2-11,19,21H,1,12-15H2/t19-/m1/s1. The third-order valence-electron chi connectivity index (χ3n) is 3.20. The lowest BCUT2D eigenvalue weighted by molar-refractivity contribution is 0.0749. The Bertz CT molecular complexity index is 572. The van der Waals surface area contributed by atoms with Crippen molar-refractivity contribution >= 4 is 17.3 Å². The summed E-state index contributed by atoms with van der Waals surface area (Å²) in [6, 6.07) is 17.8. The summed E-state index contributed by atoms with van der Waals surface area (Å²) in [4.78, 5) is 0. The highest BCUT2D eigenvalue weighted by Crippen LogP contribution is 2.14. The molecule has 4 heteroatoms. The van der Waals surface area contributed by atoms with Crippen LogP contribution in [0.3, 0.4) is 0 Å². The summed E-state index contributed by atoms with van der Waals surface area (Å²) < 4.78 is 11.4. The van der Waals surface area contributed by atoms with Crippen LogP contribution >= 0.6 is 11.6 Å². The molecule has 1 N–H and O–H groups in total. The highest BCUT2D eigenvalue weighted by Gasteiger charge is 2.09. The predicted molar refractivity (Wildman–Crippen MR) is 96.0 cm³/mol. The summed E-state index contributed by atoms with van der Waals surface area (Å²) >= 11 is 5.91. The summed E-state index contributed by atoms with van der Waals surface area (Å²) in [5.74, 6) is 0. The van der Waals surface area contributed by atoms with E-state index in [2.05, 4.69) is 24.0 Å². The Morgan fingerprint density at radius 1 is 1.00 bits per heavy atom. The number of benzene rings is 2. The monoisotopic (exact) mass is 331 g/mol. The van der Waals surface area contributed by atoms with Crippen molar-refractivity contribution in [2.75, 3.05) is 25.1 Å². The Morgan fingerprint density at radius 2 is 1.70 bits per heavy atom. The molecule has 0 saturated heterocycles. The van der Waals surface area contributed by atoms with Gasteiger partial charge in [0.25, 0.3) is 0 Å². The van der Waals surface area contributed by atoms with E-state index >= 15 is 0 Å². The smallest absolute Gasteiger partial charge is 0.0729 e. The lowest BCUT2D eigenvalue weighted by atomic mass is 10.2. The minimum atomic E-state index is 0.0554. The van der Waals surface area contributed by atoms with E-state index in [9.17, 15) is 0 Å². The third-order valence-corrected chi connectivity index (χ3v) is 3.45. The van der Waals surface area contributed by atoms with Gasteiger partial charge in [0.1, 0.15) is 0 Å². The SMILES string of the molecule is C=CCOC[C@H](COCc1ccccc1)Nc1ccc(Cl)cc1. The summed E-state index contributed by atoms with van der Waals surface area (Å²) in [6.45, 7) is 5.87. The summed E-state index contributed by atoms with van der Waals surface area (Å²) in [5, 5.41) is 4.13. The van der Waals surface area contributed by atoms with E-state index in [1.165, 1.54) is 0 Å². The summed E-state index contributed by atoms with van der Waals surface area (Å²) in [7, 11) is 0. The van der Waals surface area contributed by atoms with Gasteiger partial charge in [0.05, 0.1) is 32.5 Å². The van der Waals surface area contributed by atoms with Gasteiger partial charge in [-0.3, -0.25) is 0 Å². The Labute approximate surface area is 142 Å². The second kappa shape index (κ2) is 10.1. The molecule has 2 aromatic carbocycles. The van der Waals surface area contributed by atoms with Crippen molar-refractivity contribution in [2.45, 2.75) is 12.6 Å². The number of hydrogen-bond acceptors (Lipinski definition) is 3. The largest absolute Gasteiger partial charge is 0.378 e. The summed E-state index contributed by atoms with van der Waals surface area (Å²) in [6.07, 6.45) is 1.74. The minimum Gasteiger partial charge on any atom is -0.378 e. The molecular weight excluding hydrogens is 310 g/mol. The predicted octanol–water partition coefficient (Wildman–Crippen LogP) is 4.54. The van der Waals surface area contributed by atoms with Gasteiger partial charge < -0.3 is 14.8 Å². The van der Waals surface area contributed by atoms with Crippen LogP contribution in [0.5, 0.6) is 0 Å². The average molecular weight is 332 g/mol. The van der Waals surface area contributed by atoms with Crippen LogP contribution in [0.25, 0.3) is 0 Å². The van der Waals surface area contributed by atoms with E-state index < -0.39 is 0 Å². The fourth-order valence-corrected chi connectivity index (χ4v) is 2.23. The number of anilines is 1. The van der Waals surface area contributed by atoms with E-state index in [-0.39, 0.29) is 6.04 Å². The molecule has 0 saturated carbocycles. The fraction of sp³-hybridized carbons (Fsp3) is 0.263. The Hall–Kier alpha value is -1.81. The van der Waals surface area contributed by atoms with Gasteiger partial charge in [-0.25, -0.2) is 0 Å². The van der Waals surface area contributed by atoms with Gasteiger partial charge in [-0.05, 0) is 29.8 Å². The van der Waals surface area contributed by atoms with Crippen LogP contribution in [0.2, 0.25) is 5.02 Å². The molecule has 0 heterocycles. The molecule has 0 bridgehead atoms. The van der Waals surface area contributed by atoms with Crippen molar-refractivity contribution in [3.63, 3.8) is 0 Å². The maximum absolute atomic E-state index is 5.91. The zero-order chi connectivity index (χ0) is 16.3. The summed E-state index contributed by atoms with van der Waals surface area (Å²) in [5.41, 5.74) is 2.15. The minimum absolute atomic E-state index is 0.0554. The van der Waals surface area contributed by atoms with Gasteiger partial charge >= 0.3 is 0 Å². The van der Waals surface area contributed by atoms with Crippen molar-refractivity contribution in [3.8, 4) is 0 Å². The first-order valence-corrected chi connectivity index (χ1v) is 7.98. The molecule has 0 aliphatic heterocycles. The maximum atomic E-state index is 5.91. The molecule has 23 heavy (non-hydrogen) atoms. The number of halogens is 1. The normalized spacial score (nSPS) is 11.9. The first-order chi connectivity index (χ1) is 11.3. The maximum Gasteiger partial charge on any atom is 0.0729 e. The molecule has 0 aromatic heterocycles. The highest BCUT2D eigenvalue weighted by molar-refractivity contribution is 6.30. The molecule has 2 aromatic rings. The number of ether oxygens (including phenoxy) is 2. The Morgan fingerprint density at radius 3 is 2.39 bits per heavy atom. The lowest BCUT2D eigenvalue weighted by Gasteiger charge is -2.20. The van der Waals surface area contributed by atoms with Gasteiger partial charge in [-0.15, -0.1) is 6.58 Å². The van der Waals surface area contributed by atoms with Crippen LogP contribution in [0.4, 0.5) is 5.69 Å². The van der Waals surface area contributed by atoms with E-state index in [1.807, 2.05) is 42.5 Å². The van der Waals surface area contributed by atoms with Crippen molar-refractivity contribution in [2.24, 2.45) is 0 Å². The van der Waals surface area contributed by atoms with Crippen molar-refractivity contribution in [3.05, 3.63) is 77.8 Å². The van der Waals surface area contributed by atoms with Crippen LogP contribution in [0.1, 0.15) is 5.56 Å². The first kappa shape index (κ1) is 17.5. The fourth-order valence-electron chi connectivity index (χ4n) is 2.10. The van der Waals surface area contributed by atoms with Gasteiger partial charge in [0.15, 0.2) is 0 Å². The van der Waals surface area contributed by atoms with E-state index in [4.69, 9.17) is 21.1 Å². The molecule has 2 rings (SSSR count). The van der Waals surface area contributed by atoms with Gasteiger partial charge in [0, 0.05) is 10.7 Å². The molecule has 0 unspecified atom stereocenters. The molecule has 0 aliphatic carbocycles. The molecule has 0 spiro atoms. The van der Waals surface area contributed by atoms with Crippen LogP contribution < -0.4 is 5.32 Å². The van der Waals surface area contributed by atoms with E-state index in [1.54, 1.807) is 6.08 Å². The second-order valence-corrected chi connectivity index (χ2v) is 5.61. The van der Waals surface area contributed by atoms with E-state index in [0.717, 1.165) is 16.3 Å². The molecule has 0 amide bonds. The molecular formula is C19H22ClNO2. The van der Waals surface area contributed by atoms with Gasteiger partial charge in [-0.1, -0.05) is 48.0 Å². The van der Waals surface area contributed by atoms with Crippen molar-refractivity contribution in [1.82, 2.24) is 0 Å². The van der Waals surface area contributed by atoms with E-state index in [0.29, 0.717) is 26.4 Å². The molecule has 0 aliphatic rings. The van der Waals surface area contributed by atoms with Crippen LogP contribution in [-0.4, -0.2) is 25.9 Å². The molecule has 0 fully saturated rings. The van der Waals surface area contributed by atoms with Crippen molar-refractivity contribution in [1.29, 1.82) is 0 Å². The lowest BCUT2D eigenvalue weighted by Crippen LogP contribution is -2.30. The van der Waals surface area contributed by atoms with Crippen LogP contribution in [0.15, 0.2) is 67.3 Å².